The number of nitrogens with zero attached hydrogens (tertiary/aromatic N) is 2. The van der Waals surface area contributed by atoms with Gasteiger partial charge in [0.2, 0.25) is 5.91 Å². The molecule has 0 radical (unpaired) electrons. The lowest BCUT2D eigenvalue weighted by Crippen LogP contribution is -2.56. The molecule has 5 heteroatoms. The fourth-order valence-corrected chi connectivity index (χ4v) is 4.66. The van der Waals surface area contributed by atoms with Crippen LogP contribution >= 0.6 is 0 Å². The maximum absolute atomic E-state index is 12.6. The number of furan rings is 1. The number of carbonyl (C=O) groups excluding carboxylic acids is 1. The molecule has 0 unspecified atom stereocenters. The highest BCUT2D eigenvalue weighted by Gasteiger charge is 2.38. The summed E-state index contributed by atoms with van der Waals surface area (Å²) in [5.74, 6) is 2.66. The molecule has 2 aliphatic heterocycles. The zero-order chi connectivity index (χ0) is 20.1. The van der Waals surface area contributed by atoms with Crippen LogP contribution in [0.5, 0.6) is 5.75 Å². The van der Waals surface area contributed by atoms with E-state index in [0.717, 1.165) is 57.0 Å². The van der Waals surface area contributed by atoms with Crippen LogP contribution < -0.4 is 4.74 Å². The van der Waals surface area contributed by atoms with E-state index in [2.05, 4.69) is 28.0 Å². The van der Waals surface area contributed by atoms with Crippen molar-refractivity contribution in [1.82, 2.24) is 9.80 Å². The Hall–Kier alpha value is -2.53. The Morgan fingerprint density at radius 2 is 2.17 bits per heavy atom. The van der Waals surface area contributed by atoms with Gasteiger partial charge in [-0.2, -0.15) is 0 Å². The van der Waals surface area contributed by atoms with Crippen molar-refractivity contribution < 1.29 is 13.9 Å². The zero-order valence-corrected chi connectivity index (χ0v) is 17.1. The van der Waals surface area contributed by atoms with Crippen molar-refractivity contribution in [2.24, 2.45) is 5.92 Å². The summed E-state index contributed by atoms with van der Waals surface area (Å²) >= 11 is 0. The van der Waals surface area contributed by atoms with Crippen LogP contribution in [0.25, 0.3) is 6.08 Å². The van der Waals surface area contributed by atoms with Crippen molar-refractivity contribution >= 4 is 12.0 Å². The molecule has 0 saturated carbocycles. The average molecular weight is 395 g/mol. The molecule has 0 aliphatic carbocycles. The molecule has 1 amide bonds. The summed E-state index contributed by atoms with van der Waals surface area (Å²) in [7, 11) is 1.69. The highest BCUT2D eigenvalue weighted by atomic mass is 16.5. The third kappa shape index (κ3) is 4.91. The Morgan fingerprint density at radius 3 is 3.00 bits per heavy atom. The summed E-state index contributed by atoms with van der Waals surface area (Å²) < 4.78 is 10.7. The summed E-state index contributed by atoms with van der Waals surface area (Å²) in [6.45, 7) is 3.83. The Morgan fingerprint density at radius 1 is 1.24 bits per heavy atom. The molecule has 4 rings (SSSR count). The predicted octanol–water partition coefficient (Wildman–Crippen LogP) is 3.86. The quantitative estimate of drug-likeness (QED) is 0.715. The van der Waals surface area contributed by atoms with Gasteiger partial charge in [0.1, 0.15) is 11.5 Å². The van der Waals surface area contributed by atoms with Crippen molar-refractivity contribution in [1.29, 1.82) is 0 Å². The van der Waals surface area contributed by atoms with Crippen molar-refractivity contribution in [2.45, 2.75) is 31.7 Å². The van der Waals surface area contributed by atoms with Gasteiger partial charge in [-0.05, 0) is 61.1 Å². The van der Waals surface area contributed by atoms with Crippen LogP contribution in [-0.4, -0.2) is 55.0 Å². The molecule has 3 heterocycles. The molecule has 2 aliphatic rings. The third-order valence-electron chi connectivity index (χ3n) is 6.19. The monoisotopic (exact) mass is 394 g/mol. The first-order valence-corrected chi connectivity index (χ1v) is 10.6. The van der Waals surface area contributed by atoms with E-state index in [4.69, 9.17) is 9.15 Å². The first kappa shape index (κ1) is 19.8. The van der Waals surface area contributed by atoms with Gasteiger partial charge in [0.25, 0.3) is 0 Å². The van der Waals surface area contributed by atoms with Gasteiger partial charge < -0.3 is 14.1 Å². The molecular weight excluding hydrogens is 364 g/mol. The fraction of sp³-hybridized carbons (Fsp3) is 0.458. The second kappa shape index (κ2) is 9.31. The number of piperidine rings is 2. The average Bonchev–Trinajstić information content (AvgIpc) is 3.27. The third-order valence-corrected chi connectivity index (χ3v) is 6.19. The largest absolute Gasteiger partial charge is 0.497 e. The van der Waals surface area contributed by atoms with Crippen molar-refractivity contribution in [3.8, 4) is 5.75 Å². The maximum Gasteiger partial charge on any atom is 0.222 e. The molecule has 1 aromatic carbocycles. The fourth-order valence-electron chi connectivity index (χ4n) is 4.66. The lowest BCUT2D eigenvalue weighted by molar-refractivity contribution is -0.140. The Labute approximate surface area is 172 Å². The molecule has 29 heavy (non-hydrogen) atoms. The molecule has 2 atom stereocenters. The Balaban J connectivity index is 1.32. The van der Waals surface area contributed by atoms with E-state index >= 15 is 0 Å². The molecule has 1 aromatic heterocycles. The lowest BCUT2D eigenvalue weighted by Gasteiger charge is -2.47. The van der Waals surface area contributed by atoms with Gasteiger partial charge >= 0.3 is 0 Å². The van der Waals surface area contributed by atoms with E-state index in [1.807, 2.05) is 30.3 Å². The number of likely N-dealkylation sites (tertiary alicyclic amines) is 2. The summed E-state index contributed by atoms with van der Waals surface area (Å²) in [6, 6.07) is 12.4. The van der Waals surface area contributed by atoms with Crippen LogP contribution in [0.1, 0.15) is 30.6 Å². The number of rotatable bonds is 7. The molecule has 2 saturated heterocycles. The molecule has 154 valence electrons. The van der Waals surface area contributed by atoms with E-state index in [0.29, 0.717) is 24.3 Å². The van der Waals surface area contributed by atoms with Gasteiger partial charge in [0.05, 0.1) is 13.4 Å². The number of carbonyl (C=O) groups is 1. The van der Waals surface area contributed by atoms with E-state index in [1.165, 1.54) is 5.56 Å². The topological polar surface area (TPSA) is 45.9 Å². The Kier molecular flexibility index (Phi) is 6.35. The number of hydrogen-bond acceptors (Lipinski definition) is 4. The minimum atomic E-state index is 0.320. The lowest BCUT2D eigenvalue weighted by atomic mass is 9.83. The zero-order valence-electron chi connectivity index (χ0n) is 17.1. The predicted molar refractivity (Wildman–Crippen MR) is 114 cm³/mol. The van der Waals surface area contributed by atoms with Crippen LogP contribution in [0.4, 0.5) is 0 Å². The second-order valence-corrected chi connectivity index (χ2v) is 8.02. The SMILES string of the molecule is COc1cccc(CCN2C(=O)CC[C@@H]3CN(C/C=C/c4ccco4)CC[C@@H]32)c1. The minimum absolute atomic E-state index is 0.320. The molecule has 0 spiro atoms. The number of amides is 1. The highest BCUT2D eigenvalue weighted by molar-refractivity contribution is 5.77. The summed E-state index contributed by atoms with van der Waals surface area (Å²) in [4.78, 5) is 17.3. The first-order chi connectivity index (χ1) is 14.2. The van der Waals surface area contributed by atoms with E-state index in [1.54, 1.807) is 13.4 Å². The normalized spacial score (nSPS) is 22.8. The van der Waals surface area contributed by atoms with Gasteiger partial charge in [-0.25, -0.2) is 0 Å². The van der Waals surface area contributed by atoms with Gasteiger partial charge in [0.15, 0.2) is 0 Å². The number of benzene rings is 1. The molecule has 2 aromatic rings. The van der Waals surface area contributed by atoms with Crippen LogP contribution in [0.2, 0.25) is 0 Å². The molecule has 0 bridgehead atoms. The number of ether oxygens (including phenoxy) is 1. The standard InChI is InChI=1S/C24H30N2O3/c1-28-22-6-2-5-19(17-22)11-15-26-23-12-14-25(18-20(23)9-10-24(26)27)13-3-7-21-8-4-16-29-21/h2-8,16-17,20,23H,9-15,18H2,1H3/b7-3+/t20-,23+/m1/s1. The summed E-state index contributed by atoms with van der Waals surface area (Å²) in [5, 5.41) is 0. The van der Waals surface area contributed by atoms with E-state index < -0.39 is 0 Å². The molecular formula is C24H30N2O3. The van der Waals surface area contributed by atoms with E-state index in [-0.39, 0.29) is 0 Å². The van der Waals surface area contributed by atoms with Gasteiger partial charge in [0, 0.05) is 38.6 Å². The molecule has 5 nitrogen and oxygen atoms in total. The van der Waals surface area contributed by atoms with Gasteiger partial charge in [-0.1, -0.05) is 18.2 Å². The van der Waals surface area contributed by atoms with Crippen molar-refractivity contribution in [3.63, 3.8) is 0 Å². The Bertz CT molecular complexity index is 830. The number of hydrogen-bond donors (Lipinski definition) is 0. The first-order valence-electron chi connectivity index (χ1n) is 10.6. The van der Waals surface area contributed by atoms with E-state index in [9.17, 15) is 4.79 Å². The summed E-state index contributed by atoms with van der Waals surface area (Å²) in [6.07, 6.45) is 9.53. The smallest absolute Gasteiger partial charge is 0.222 e. The van der Waals surface area contributed by atoms with Crippen LogP contribution in [0, 0.1) is 5.92 Å². The maximum atomic E-state index is 12.6. The second-order valence-electron chi connectivity index (χ2n) is 8.02. The number of fused-ring (bicyclic) bond motifs is 1. The van der Waals surface area contributed by atoms with Gasteiger partial charge in [-0.15, -0.1) is 0 Å². The van der Waals surface area contributed by atoms with Crippen LogP contribution in [0.3, 0.4) is 0 Å². The van der Waals surface area contributed by atoms with Crippen molar-refractivity contribution in [2.75, 3.05) is 33.3 Å². The van der Waals surface area contributed by atoms with Crippen LogP contribution in [-0.2, 0) is 11.2 Å². The number of methoxy groups -OCH3 is 1. The van der Waals surface area contributed by atoms with Crippen molar-refractivity contribution in [3.05, 3.63) is 60.1 Å². The minimum Gasteiger partial charge on any atom is -0.497 e. The molecule has 0 N–H and O–H groups in total. The van der Waals surface area contributed by atoms with Gasteiger partial charge in [-0.3, -0.25) is 9.69 Å². The highest BCUT2D eigenvalue weighted by Crippen LogP contribution is 2.31. The molecule has 2 fully saturated rings. The van der Waals surface area contributed by atoms with Crippen LogP contribution in [0.15, 0.2) is 53.2 Å². The summed E-state index contributed by atoms with van der Waals surface area (Å²) in [5.41, 5.74) is 1.22.